The van der Waals surface area contributed by atoms with Crippen LogP contribution in [0.5, 0.6) is 0 Å². The second-order valence-electron chi connectivity index (χ2n) is 7.21. The van der Waals surface area contributed by atoms with Crippen molar-refractivity contribution >= 4 is 18.2 Å². The molecule has 29 heavy (non-hydrogen) atoms. The first-order valence-corrected chi connectivity index (χ1v) is 9.93. The predicted octanol–water partition coefficient (Wildman–Crippen LogP) is 3.60. The van der Waals surface area contributed by atoms with Gasteiger partial charge in [-0.15, -0.1) is 0 Å². The Kier molecular flexibility index (Phi) is 5.70. The first-order valence-electron chi connectivity index (χ1n) is 9.93. The number of hydrogen-bond acceptors (Lipinski definition) is 5. The zero-order valence-corrected chi connectivity index (χ0v) is 16.5. The highest BCUT2D eigenvalue weighted by Gasteiger charge is 2.20. The van der Waals surface area contributed by atoms with Crippen LogP contribution < -0.4 is 10.2 Å². The van der Waals surface area contributed by atoms with Crippen molar-refractivity contribution in [3.8, 4) is 11.3 Å². The number of anilines is 2. The monoisotopic (exact) mass is 387 g/mol. The van der Waals surface area contributed by atoms with Gasteiger partial charge in [0.25, 0.3) is 0 Å². The van der Waals surface area contributed by atoms with Crippen LogP contribution in [0, 0.1) is 0 Å². The topological polar surface area (TPSA) is 61.4 Å². The largest absolute Gasteiger partial charge is 0.363 e. The fraction of sp³-hybridized carbons (Fsp3) is 0.261. The molecule has 148 valence electrons. The summed E-state index contributed by atoms with van der Waals surface area (Å²) in [4.78, 5) is 24.6. The van der Waals surface area contributed by atoms with Gasteiger partial charge in [-0.2, -0.15) is 4.98 Å². The van der Waals surface area contributed by atoms with Gasteiger partial charge < -0.3 is 15.1 Å². The van der Waals surface area contributed by atoms with E-state index >= 15 is 0 Å². The SMILES string of the molecule is CC(Nc1cc(-c2ccccc2)nc(N2CCN(C=O)CC2)n1)c1ccccc1. The molecule has 1 atom stereocenters. The van der Waals surface area contributed by atoms with Crippen molar-refractivity contribution in [3.63, 3.8) is 0 Å². The molecule has 2 heterocycles. The maximum atomic E-state index is 11.0. The summed E-state index contributed by atoms with van der Waals surface area (Å²) in [6.07, 6.45) is 0.910. The summed E-state index contributed by atoms with van der Waals surface area (Å²) in [5, 5.41) is 3.52. The minimum absolute atomic E-state index is 0.120. The molecule has 6 nitrogen and oxygen atoms in total. The Labute approximate surface area is 171 Å². The number of aromatic nitrogens is 2. The van der Waals surface area contributed by atoms with Crippen LogP contribution in [0.2, 0.25) is 0 Å². The van der Waals surface area contributed by atoms with Crippen LogP contribution in [-0.4, -0.2) is 47.5 Å². The summed E-state index contributed by atoms with van der Waals surface area (Å²) in [6.45, 7) is 4.95. The highest BCUT2D eigenvalue weighted by Crippen LogP contribution is 2.26. The van der Waals surface area contributed by atoms with Crippen LogP contribution in [0.15, 0.2) is 66.7 Å². The van der Waals surface area contributed by atoms with Gasteiger partial charge in [-0.25, -0.2) is 4.98 Å². The number of hydrogen-bond donors (Lipinski definition) is 1. The van der Waals surface area contributed by atoms with Crippen molar-refractivity contribution < 1.29 is 4.79 Å². The molecule has 4 rings (SSSR count). The predicted molar refractivity (Wildman–Crippen MR) is 116 cm³/mol. The van der Waals surface area contributed by atoms with Gasteiger partial charge in [-0.3, -0.25) is 4.79 Å². The first-order chi connectivity index (χ1) is 14.2. The molecule has 1 aliphatic rings. The molecule has 0 radical (unpaired) electrons. The molecular weight excluding hydrogens is 362 g/mol. The highest BCUT2D eigenvalue weighted by molar-refractivity contribution is 5.65. The summed E-state index contributed by atoms with van der Waals surface area (Å²) in [5.74, 6) is 1.49. The van der Waals surface area contributed by atoms with E-state index in [1.807, 2.05) is 42.5 Å². The number of benzene rings is 2. The summed E-state index contributed by atoms with van der Waals surface area (Å²) in [5.41, 5.74) is 3.14. The Bertz CT molecular complexity index is 940. The highest BCUT2D eigenvalue weighted by atomic mass is 16.1. The van der Waals surface area contributed by atoms with E-state index in [1.54, 1.807) is 4.90 Å². The lowest BCUT2D eigenvalue weighted by atomic mass is 10.1. The Morgan fingerprint density at radius 2 is 1.59 bits per heavy atom. The lowest BCUT2D eigenvalue weighted by molar-refractivity contribution is -0.118. The van der Waals surface area contributed by atoms with Crippen molar-refractivity contribution in [2.45, 2.75) is 13.0 Å². The molecule has 1 unspecified atom stereocenters. The van der Waals surface area contributed by atoms with Crippen molar-refractivity contribution in [2.75, 3.05) is 36.4 Å². The van der Waals surface area contributed by atoms with Crippen LogP contribution >= 0.6 is 0 Å². The molecule has 0 bridgehead atoms. The number of piperazine rings is 1. The summed E-state index contributed by atoms with van der Waals surface area (Å²) >= 11 is 0. The Morgan fingerprint density at radius 1 is 0.931 bits per heavy atom. The summed E-state index contributed by atoms with van der Waals surface area (Å²) in [6, 6.07) is 22.6. The van der Waals surface area contributed by atoms with E-state index in [9.17, 15) is 4.79 Å². The van der Waals surface area contributed by atoms with E-state index in [2.05, 4.69) is 41.4 Å². The zero-order chi connectivity index (χ0) is 20.1. The molecule has 0 spiro atoms. The fourth-order valence-corrected chi connectivity index (χ4v) is 3.48. The van der Waals surface area contributed by atoms with E-state index in [1.165, 1.54) is 5.56 Å². The van der Waals surface area contributed by atoms with Crippen LogP contribution in [0.25, 0.3) is 11.3 Å². The molecule has 1 fully saturated rings. The normalized spacial score (nSPS) is 15.1. The van der Waals surface area contributed by atoms with E-state index in [4.69, 9.17) is 9.97 Å². The second-order valence-corrected chi connectivity index (χ2v) is 7.21. The lowest BCUT2D eigenvalue weighted by Crippen LogP contribution is -2.46. The third-order valence-electron chi connectivity index (χ3n) is 5.19. The molecule has 1 aliphatic heterocycles. The zero-order valence-electron chi connectivity index (χ0n) is 16.5. The average Bonchev–Trinajstić information content (AvgIpc) is 2.80. The average molecular weight is 387 g/mol. The Hall–Kier alpha value is -3.41. The van der Waals surface area contributed by atoms with Gasteiger partial charge in [0, 0.05) is 43.9 Å². The number of rotatable bonds is 6. The van der Waals surface area contributed by atoms with Crippen molar-refractivity contribution in [1.29, 1.82) is 0 Å². The molecule has 6 heteroatoms. The Morgan fingerprint density at radius 3 is 2.24 bits per heavy atom. The molecule has 0 aliphatic carbocycles. The van der Waals surface area contributed by atoms with E-state index in [0.717, 1.165) is 36.6 Å². The summed E-state index contributed by atoms with van der Waals surface area (Å²) < 4.78 is 0. The molecule has 0 saturated carbocycles. The minimum Gasteiger partial charge on any atom is -0.363 e. The second kappa shape index (κ2) is 8.73. The van der Waals surface area contributed by atoms with Gasteiger partial charge in [0.2, 0.25) is 12.4 Å². The van der Waals surface area contributed by atoms with Gasteiger partial charge in [0.15, 0.2) is 0 Å². The fourth-order valence-electron chi connectivity index (χ4n) is 3.48. The standard InChI is InChI=1S/C23H25N5O/c1-18(19-8-4-2-5-9-19)24-22-16-21(20-10-6-3-7-11-20)25-23(26-22)28-14-12-27(17-29)13-15-28/h2-11,16-18H,12-15H2,1H3,(H,24,25,26). The maximum absolute atomic E-state index is 11.0. The van der Waals surface area contributed by atoms with Gasteiger partial charge in [0.05, 0.1) is 5.69 Å². The van der Waals surface area contributed by atoms with E-state index in [0.29, 0.717) is 19.0 Å². The van der Waals surface area contributed by atoms with Gasteiger partial charge in [-0.1, -0.05) is 60.7 Å². The Balaban J connectivity index is 1.64. The summed E-state index contributed by atoms with van der Waals surface area (Å²) in [7, 11) is 0. The van der Waals surface area contributed by atoms with Gasteiger partial charge >= 0.3 is 0 Å². The third kappa shape index (κ3) is 4.54. The lowest BCUT2D eigenvalue weighted by Gasteiger charge is -2.33. The van der Waals surface area contributed by atoms with Crippen LogP contribution in [0.3, 0.4) is 0 Å². The van der Waals surface area contributed by atoms with Crippen LogP contribution in [0.1, 0.15) is 18.5 Å². The molecule has 1 N–H and O–H groups in total. The molecule has 1 saturated heterocycles. The van der Waals surface area contributed by atoms with Gasteiger partial charge in [-0.05, 0) is 12.5 Å². The van der Waals surface area contributed by atoms with Crippen molar-refractivity contribution in [3.05, 3.63) is 72.3 Å². The number of amides is 1. The quantitative estimate of drug-likeness (QED) is 0.655. The van der Waals surface area contributed by atoms with E-state index in [-0.39, 0.29) is 6.04 Å². The van der Waals surface area contributed by atoms with Crippen molar-refractivity contribution in [2.24, 2.45) is 0 Å². The maximum Gasteiger partial charge on any atom is 0.227 e. The first kappa shape index (κ1) is 18.9. The number of carbonyl (C=O) groups is 1. The number of nitrogens with zero attached hydrogens (tertiary/aromatic N) is 4. The number of nitrogens with one attached hydrogen (secondary N) is 1. The smallest absolute Gasteiger partial charge is 0.227 e. The molecule has 2 aromatic carbocycles. The van der Waals surface area contributed by atoms with Gasteiger partial charge in [0.1, 0.15) is 5.82 Å². The molecule has 3 aromatic rings. The minimum atomic E-state index is 0.120. The van der Waals surface area contributed by atoms with Crippen LogP contribution in [0.4, 0.5) is 11.8 Å². The third-order valence-corrected chi connectivity index (χ3v) is 5.19. The molecule has 1 aromatic heterocycles. The number of carbonyl (C=O) groups excluding carboxylic acids is 1. The molecule has 1 amide bonds. The molecular formula is C23H25N5O. The van der Waals surface area contributed by atoms with Crippen LogP contribution in [-0.2, 0) is 4.79 Å². The van der Waals surface area contributed by atoms with E-state index < -0.39 is 0 Å². The van der Waals surface area contributed by atoms with Crippen molar-refractivity contribution in [1.82, 2.24) is 14.9 Å².